The highest BCUT2D eigenvalue weighted by molar-refractivity contribution is 5.84. The number of alkyl halides is 3. The molecule has 10 heteroatoms. The highest BCUT2D eigenvalue weighted by atomic mass is 19.4. The molecule has 0 aliphatic rings. The summed E-state index contributed by atoms with van der Waals surface area (Å²) in [6, 6.07) is 2.58. The van der Waals surface area contributed by atoms with E-state index in [1.807, 2.05) is 0 Å². The Labute approximate surface area is 109 Å². The van der Waals surface area contributed by atoms with Crippen LogP contribution in [0.25, 0.3) is 0 Å². The maximum absolute atomic E-state index is 12.5. The Hall–Kier alpha value is -2.65. The Balaban J connectivity index is 0.000000217. The van der Waals surface area contributed by atoms with E-state index in [0.717, 1.165) is 24.4 Å². The van der Waals surface area contributed by atoms with Crippen LogP contribution in [0.3, 0.4) is 0 Å². The first-order valence-electron chi connectivity index (χ1n) is 4.93. The van der Waals surface area contributed by atoms with Gasteiger partial charge in [0.05, 0.1) is 17.4 Å². The van der Waals surface area contributed by atoms with Crippen LogP contribution >= 0.6 is 0 Å². The number of nitrogens with one attached hydrogen (secondary N) is 1. The molecule has 2 aromatic rings. The Morgan fingerprint density at radius 1 is 1.35 bits per heavy atom. The Morgan fingerprint density at radius 3 is 2.35 bits per heavy atom. The molecular weight excluding hydrogens is 284 g/mol. The fourth-order valence-electron chi connectivity index (χ4n) is 1.09. The van der Waals surface area contributed by atoms with Gasteiger partial charge in [-0.1, -0.05) is 6.07 Å². The van der Waals surface area contributed by atoms with Crippen LogP contribution in [-0.2, 0) is 6.18 Å². The zero-order chi connectivity index (χ0) is 15.3. The summed E-state index contributed by atoms with van der Waals surface area (Å²) in [7, 11) is 0. The van der Waals surface area contributed by atoms with Crippen molar-refractivity contribution < 1.29 is 27.5 Å². The number of aromatic carboxylic acids is 1. The van der Waals surface area contributed by atoms with Gasteiger partial charge >= 0.3 is 12.1 Å². The van der Waals surface area contributed by atoms with Gasteiger partial charge in [0.2, 0.25) is 0 Å². The molecule has 0 unspecified atom stereocenters. The number of nitrogen functional groups attached to an aromatic ring is 1. The van der Waals surface area contributed by atoms with Crippen LogP contribution < -0.4 is 5.73 Å². The molecule has 0 bridgehead atoms. The number of carboxylic acids is 1. The molecule has 0 radical (unpaired) electrons. The van der Waals surface area contributed by atoms with Crippen LogP contribution in [0.15, 0.2) is 24.4 Å². The zero-order valence-corrected chi connectivity index (χ0v) is 9.65. The molecule has 0 fully saturated rings. The van der Waals surface area contributed by atoms with Gasteiger partial charge in [-0.25, -0.2) is 9.18 Å². The van der Waals surface area contributed by atoms with Gasteiger partial charge in [-0.15, -0.1) is 5.10 Å². The van der Waals surface area contributed by atoms with Crippen LogP contribution in [0.1, 0.15) is 16.1 Å². The van der Waals surface area contributed by atoms with Crippen LogP contribution in [0, 0.1) is 5.82 Å². The van der Waals surface area contributed by atoms with Crippen LogP contribution in [-0.4, -0.2) is 26.5 Å². The average Bonchev–Trinajstić information content (AvgIpc) is 2.85. The number of nitrogens with zero attached hydrogens (tertiary/aromatic N) is 2. The zero-order valence-electron chi connectivity index (χ0n) is 9.65. The molecule has 0 saturated carbocycles. The molecule has 0 aliphatic carbocycles. The third-order valence-electron chi connectivity index (χ3n) is 1.99. The summed E-state index contributed by atoms with van der Waals surface area (Å²) in [5, 5.41) is 16.9. The summed E-state index contributed by atoms with van der Waals surface area (Å²) in [6.45, 7) is 0. The molecule has 1 aromatic heterocycles. The SMILES string of the molecule is Nc1c(F)cccc1C(F)(F)F.O=C(O)c1cn[nH]n1. The molecule has 2 rings (SSSR count). The van der Waals surface area contributed by atoms with E-state index in [0.29, 0.717) is 0 Å². The van der Waals surface area contributed by atoms with Crippen LogP contribution in [0.4, 0.5) is 23.2 Å². The topological polar surface area (TPSA) is 105 Å². The second-order valence-corrected chi connectivity index (χ2v) is 3.36. The van der Waals surface area contributed by atoms with E-state index in [9.17, 15) is 22.4 Å². The summed E-state index contributed by atoms with van der Waals surface area (Å²) in [4.78, 5) is 9.94. The number of hydrogen-bond donors (Lipinski definition) is 3. The minimum Gasteiger partial charge on any atom is -0.476 e. The lowest BCUT2D eigenvalue weighted by molar-refractivity contribution is -0.137. The lowest BCUT2D eigenvalue weighted by Crippen LogP contribution is -2.09. The van der Waals surface area contributed by atoms with Crippen molar-refractivity contribution in [1.82, 2.24) is 15.4 Å². The van der Waals surface area contributed by atoms with Crippen LogP contribution in [0.5, 0.6) is 0 Å². The number of nitrogens with two attached hydrogens (primary N) is 1. The number of aromatic nitrogens is 3. The number of hydrogen-bond acceptors (Lipinski definition) is 4. The molecule has 0 spiro atoms. The van der Waals surface area contributed by atoms with Crippen molar-refractivity contribution in [3.8, 4) is 0 Å². The smallest absolute Gasteiger partial charge is 0.418 e. The number of carbonyl (C=O) groups is 1. The third-order valence-corrected chi connectivity index (χ3v) is 1.99. The summed E-state index contributed by atoms with van der Waals surface area (Å²) in [6.07, 6.45) is -3.45. The summed E-state index contributed by atoms with van der Waals surface area (Å²) in [5.74, 6) is -2.12. The molecule has 0 saturated heterocycles. The molecule has 108 valence electrons. The fraction of sp³-hybridized carbons (Fsp3) is 0.100. The summed E-state index contributed by atoms with van der Waals surface area (Å²) >= 11 is 0. The van der Waals surface area contributed by atoms with Gasteiger partial charge in [-0.3, -0.25) is 0 Å². The average molecular weight is 292 g/mol. The van der Waals surface area contributed by atoms with E-state index in [4.69, 9.17) is 10.8 Å². The molecule has 0 atom stereocenters. The predicted molar refractivity (Wildman–Crippen MR) is 59.2 cm³/mol. The van der Waals surface area contributed by atoms with Crippen molar-refractivity contribution in [2.75, 3.05) is 5.73 Å². The molecule has 0 amide bonds. The van der Waals surface area contributed by atoms with Crippen molar-refractivity contribution in [2.45, 2.75) is 6.18 Å². The lowest BCUT2D eigenvalue weighted by Gasteiger charge is -2.09. The molecular formula is C10H8F4N4O2. The highest BCUT2D eigenvalue weighted by Crippen LogP contribution is 2.34. The van der Waals surface area contributed by atoms with Gasteiger partial charge in [-0.2, -0.15) is 23.5 Å². The van der Waals surface area contributed by atoms with E-state index in [-0.39, 0.29) is 5.69 Å². The monoisotopic (exact) mass is 292 g/mol. The van der Waals surface area contributed by atoms with Crippen molar-refractivity contribution in [2.24, 2.45) is 0 Å². The first kappa shape index (κ1) is 15.4. The maximum Gasteiger partial charge on any atom is 0.418 e. The number of halogens is 4. The Bertz CT molecular complexity index is 583. The fourth-order valence-corrected chi connectivity index (χ4v) is 1.09. The first-order chi connectivity index (χ1) is 9.23. The third kappa shape index (κ3) is 3.93. The van der Waals surface area contributed by atoms with Gasteiger partial charge in [0.1, 0.15) is 5.82 Å². The second kappa shape index (κ2) is 5.99. The summed E-state index contributed by atoms with van der Waals surface area (Å²) in [5.41, 5.74) is 2.82. The number of benzene rings is 1. The lowest BCUT2D eigenvalue weighted by atomic mass is 10.1. The van der Waals surface area contributed by atoms with Crippen molar-refractivity contribution in [1.29, 1.82) is 0 Å². The minimum atomic E-state index is -4.59. The van der Waals surface area contributed by atoms with Gasteiger partial charge in [0.15, 0.2) is 5.69 Å². The maximum atomic E-state index is 12.5. The Kier molecular flexibility index (Phi) is 4.62. The van der Waals surface area contributed by atoms with E-state index >= 15 is 0 Å². The number of aromatic amines is 1. The molecule has 1 aromatic carbocycles. The Morgan fingerprint density at radius 2 is 2.00 bits per heavy atom. The molecule has 0 aliphatic heterocycles. The van der Waals surface area contributed by atoms with Gasteiger partial charge < -0.3 is 10.8 Å². The van der Waals surface area contributed by atoms with Gasteiger partial charge in [-0.05, 0) is 12.1 Å². The highest BCUT2D eigenvalue weighted by Gasteiger charge is 2.33. The van der Waals surface area contributed by atoms with Crippen molar-refractivity contribution in [3.63, 3.8) is 0 Å². The second-order valence-electron chi connectivity index (χ2n) is 3.36. The van der Waals surface area contributed by atoms with E-state index in [1.165, 1.54) is 0 Å². The van der Waals surface area contributed by atoms with E-state index < -0.39 is 29.2 Å². The largest absolute Gasteiger partial charge is 0.476 e. The molecule has 6 nitrogen and oxygen atoms in total. The van der Waals surface area contributed by atoms with Gasteiger partial charge in [0.25, 0.3) is 0 Å². The number of anilines is 1. The van der Waals surface area contributed by atoms with Crippen molar-refractivity contribution in [3.05, 3.63) is 41.5 Å². The van der Waals surface area contributed by atoms with Crippen LogP contribution in [0.2, 0.25) is 0 Å². The molecule has 20 heavy (non-hydrogen) atoms. The number of H-pyrrole nitrogens is 1. The number of para-hydroxylation sites is 1. The summed E-state index contributed by atoms with van der Waals surface area (Å²) < 4.78 is 48.4. The van der Waals surface area contributed by atoms with E-state index in [1.54, 1.807) is 0 Å². The first-order valence-corrected chi connectivity index (χ1v) is 4.93. The molecule has 1 heterocycles. The standard InChI is InChI=1S/C7H5F4N.C3H3N3O2/c8-5-3-1-2-4(6(5)12)7(9,10)11;7-3(8)2-1-4-6-5-2/h1-3H,12H2;1H,(H,7,8)(H,4,5,6). The predicted octanol–water partition coefficient (Wildman–Crippen LogP) is 1.93. The molecule has 4 N–H and O–H groups in total. The quantitative estimate of drug-likeness (QED) is 0.550. The number of carboxylic acid groups (broad SMARTS) is 1. The van der Waals surface area contributed by atoms with Crippen molar-refractivity contribution >= 4 is 11.7 Å². The number of rotatable bonds is 1. The van der Waals surface area contributed by atoms with E-state index in [2.05, 4.69) is 15.4 Å². The normalized spacial score (nSPS) is 10.6. The minimum absolute atomic E-state index is 0.0648. The van der Waals surface area contributed by atoms with Gasteiger partial charge in [0, 0.05) is 0 Å².